The zero-order chi connectivity index (χ0) is 37.0. The normalized spacial score (nSPS) is 12.9. The minimum absolute atomic E-state index is 0.677. The maximum Gasteiger partial charge on any atom is 0.160 e. The Hall–Kier alpha value is -7.30. The van der Waals surface area contributed by atoms with E-state index in [1.54, 1.807) is 0 Å². The van der Waals surface area contributed by atoms with Crippen molar-refractivity contribution < 1.29 is 4.42 Å². The van der Waals surface area contributed by atoms with Gasteiger partial charge in [0.1, 0.15) is 11.2 Å². The van der Waals surface area contributed by atoms with E-state index in [4.69, 9.17) is 14.4 Å². The predicted octanol–water partition coefficient (Wildman–Crippen LogP) is 14.2. The molecule has 1 aliphatic carbocycles. The summed E-state index contributed by atoms with van der Waals surface area (Å²) in [6.45, 7) is 0. The van der Waals surface area contributed by atoms with Crippen LogP contribution in [-0.4, -0.2) is 9.97 Å². The molecular formula is C52H35N3O. The van der Waals surface area contributed by atoms with Crippen molar-refractivity contribution in [2.75, 3.05) is 4.90 Å². The molecule has 56 heavy (non-hydrogen) atoms. The van der Waals surface area contributed by atoms with Crippen LogP contribution in [0.2, 0.25) is 0 Å². The molecule has 1 aliphatic rings. The highest BCUT2D eigenvalue weighted by atomic mass is 16.3. The van der Waals surface area contributed by atoms with Crippen LogP contribution in [0.25, 0.3) is 88.2 Å². The quantitative estimate of drug-likeness (QED) is 0.172. The Kier molecular flexibility index (Phi) is 7.59. The van der Waals surface area contributed by atoms with Crippen molar-refractivity contribution >= 4 is 65.8 Å². The van der Waals surface area contributed by atoms with Crippen molar-refractivity contribution in [2.24, 2.45) is 0 Å². The topological polar surface area (TPSA) is 42.2 Å². The zero-order valence-corrected chi connectivity index (χ0v) is 30.6. The van der Waals surface area contributed by atoms with Crippen LogP contribution in [0.3, 0.4) is 0 Å². The number of nitrogens with zero attached hydrogens (tertiary/aromatic N) is 3. The summed E-state index contributed by atoms with van der Waals surface area (Å²) in [4.78, 5) is 12.8. The Labute approximate surface area is 324 Å². The van der Waals surface area contributed by atoms with Gasteiger partial charge in [0.15, 0.2) is 5.82 Å². The summed E-state index contributed by atoms with van der Waals surface area (Å²) in [5.41, 5.74) is 11.0. The Morgan fingerprint density at radius 3 is 2.00 bits per heavy atom. The first kappa shape index (κ1) is 32.2. The van der Waals surface area contributed by atoms with Crippen LogP contribution in [0, 0.1) is 0 Å². The molecule has 0 aliphatic heterocycles. The largest absolute Gasteiger partial charge is 0.456 e. The molecule has 4 nitrogen and oxygen atoms in total. The standard InChI is InChI=1S/C52H35N3O/c1-3-14-35(15-4-1)45-31-40(33-49-50(45)46-30-38-17-9-10-18-39(38)32-48(46)56-49)51-44-21-11-12-22-47(44)53-52(54-51)36-24-26-42(27-25-36)55(41-19-5-2-6-20-41)43-28-23-34-13-7-8-16-37(34)29-43/h1,3-5,7-33H,2,6H2. The third-order valence-corrected chi connectivity index (χ3v) is 11.0. The molecule has 11 rings (SSSR count). The average molecular weight is 718 g/mol. The highest BCUT2D eigenvalue weighted by Gasteiger charge is 2.20. The maximum absolute atomic E-state index is 6.70. The molecule has 0 bridgehead atoms. The molecular weight excluding hydrogens is 683 g/mol. The lowest BCUT2D eigenvalue weighted by Gasteiger charge is -2.28. The lowest BCUT2D eigenvalue weighted by Crippen LogP contribution is -2.16. The first-order chi connectivity index (χ1) is 27.7. The fourth-order valence-corrected chi connectivity index (χ4v) is 8.29. The molecule has 0 saturated carbocycles. The van der Waals surface area contributed by atoms with Crippen LogP contribution in [0.15, 0.2) is 198 Å². The third-order valence-electron chi connectivity index (χ3n) is 11.0. The monoisotopic (exact) mass is 717 g/mol. The molecule has 2 heterocycles. The van der Waals surface area contributed by atoms with Gasteiger partial charge >= 0.3 is 0 Å². The minimum atomic E-state index is 0.677. The van der Waals surface area contributed by atoms with Crippen LogP contribution in [0.5, 0.6) is 0 Å². The fourth-order valence-electron chi connectivity index (χ4n) is 8.29. The van der Waals surface area contributed by atoms with E-state index >= 15 is 0 Å². The Balaban J connectivity index is 1.06. The number of fused-ring (bicyclic) bond motifs is 6. The van der Waals surface area contributed by atoms with Gasteiger partial charge < -0.3 is 9.32 Å². The number of hydrogen-bond donors (Lipinski definition) is 0. The summed E-state index contributed by atoms with van der Waals surface area (Å²) in [7, 11) is 0. The van der Waals surface area contributed by atoms with E-state index in [1.165, 1.54) is 21.9 Å². The summed E-state index contributed by atoms with van der Waals surface area (Å²) in [5, 5.41) is 8.00. The number of furan rings is 1. The highest BCUT2D eigenvalue weighted by molar-refractivity contribution is 6.17. The van der Waals surface area contributed by atoms with Gasteiger partial charge in [0.2, 0.25) is 0 Å². The minimum Gasteiger partial charge on any atom is -0.456 e. The zero-order valence-electron chi connectivity index (χ0n) is 30.6. The molecule has 0 atom stereocenters. The van der Waals surface area contributed by atoms with Crippen LogP contribution < -0.4 is 4.90 Å². The van der Waals surface area contributed by atoms with Crippen LogP contribution in [-0.2, 0) is 0 Å². The maximum atomic E-state index is 6.70. The predicted molar refractivity (Wildman–Crippen MR) is 233 cm³/mol. The van der Waals surface area contributed by atoms with Crippen molar-refractivity contribution in [2.45, 2.75) is 12.8 Å². The number of hydrogen-bond acceptors (Lipinski definition) is 4. The lowest BCUT2D eigenvalue weighted by atomic mass is 9.94. The summed E-state index contributed by atoms with van der Waals surface area (Å²) in [5.74, 6) is 0.677. The van der Waals surface area contributed by atoms with E-state index in [0.29, 0.717) is 5.82 Å². The van der Waals surface area contributed by atoms with Gasteiger partial charge in [-0.05, 0) is 118 Å². The molecule has 8 aromatic carbocycles. The van der Waals surface area contributed by atoms with E-state index in [-0.39, 0.29) is 0 Å². The van der Waals surface area contributed by atoms with E-state index in [9.17, 15) is 0 Å². The molecule has 10 aromatic rings. The van der Waals surface area contributed by atoms with Crippen molar-refractivity contribution in [3.05, 3.63) is 194 Å². The fraction of sp³-hybridized carbons (Fsp3) is 0.0385. The van der Waals surface area contributed by atoms with E-state index < -0.39 is 0 Å². The molecule has 0 unspecified atom stereocenters. The summed E-state index contributed by atoms with van der Waals surface area (Å²) in [6, 6.07) is 60.1. The van der Waals surface area contributed by atoms with Crippen molar-refractivity contribution in [1.82, 2.24) is 9.97 Å². The number of allylic oxidation sites excluding steroid dienone is 3. The van der Waals surface area contributed by atoms with Gasteiger partial charge in [0.05, 0.1) is 11.2 Å². The van der Waals surface area contributed by atoms with Gasteiger partial charge in [-0.2, -0.15) is 0 Å². The smallest absolute Gasteiger partial charge is 0.160 e. The molecule has 4 heteroatoms. The van der Waals surface area contributed by atoms with E-state index in [1.807, 2.05) is 6.07 Å². The van der Waals surface area contributed by atoms with Gasteiger partial charge in [0.25, 0.3) is 0 Å². The molecule has 0 amide bonds. The second-order valence-corrected chi connectivity index (χ2v) is 14.5. The molecule has 0 N–H and O–H groups in total. The molecule has 0 saturated heterocycles. The first-order valence-electron chi connectivity index (χ1n) is 19.2. The van der Waals surface area contributed by atoms with E-state index in [2.05, 4.69) is 187 Å². The lowest BCUT2D eigenvalue weighted by molar-refractivity contribution is 0.669. The van der Waals surface area contributed by atoms with Crippen LogP contribution in [0.1, 0.15) is 12.8 Å². The van der Waals surface area contributed by atoms with Gasteiger partial charge in [-0.25, -0.2) is 9.97 Å². The van der Waals surface area contributed by atoms with E-state index in [0.717, 1.165) is 90.4 Å². The number of benzene rings is 8. The number of aromatic nitrogens is 2. The summed E-state index contributed by atoms with van der Waals surface area (Å²) >= 11 is 0. The average Bonchev–Trinajstić information content (AvgIpc) is 3.63. The number of para-hydroxylation sites is 1. The van der Waals surface area contributed by atoms with Crippen molar-refractivity contribution in [1.29, 1.82) is 0 Å². The second kappa shape index (κ2) is 13.2. The van der Waals surface area contributed by atoms with Gasteiger partial charge in [0, 0.05) is 44.4 Å². The van der Waals surface area contributed by atoms with Crippen molar-refractivity contribution in [3.63, 3.8) is 0 Å². The van der Waals surface area contributed by atoms with Crippen LogP contribution >= 0.6 is 0 Å². The SMILES string of the molecule is C1=CC(N(c2ccc(-c3nc(-c4cc(-c5ccccc5)c5c(c4)oc4cc6ccccc6cc45)c4ccccc4n3)cc2)c2ccc3ccccc3c2)=CCC1. The number of anilines is 2. The Bertz CT molecular complexity index is 3190. The molecule has 2 aromatic heterocycles. The molecule has 0 radical (unpaired) electrons. The van der Waals surface area contributed by atoms with Crippen LogP contribution in [0.4, 0.5) is 11.4 Å². The van der Waals surface area contributed by atoms with Crippen molar-refractivity contribution in [3.8, 4) is 33.8 Å². The van der Waals surface area contributed by atoms with Gasteiger partial charge in [-0.3, -0.25) is 0 Å². The molecule has 0 fully saturated rings. The summed E-state index contributed by atoms with van der Waals surface area (Å²) in [6.07, 6.45) is 8.89. The third kappa shape index (κ3) is 5.54. The molecule has 264 valence electrons. The van der Waals surface area contributed by atoms with Gasteiger partial charge in [-0.15, -0.1) is 0 Å². The Morgan fingerprint density at radius 1 is 0.482 bits per heavy atom. The van der Waals surface area contributed by atoms with Gasteiger partial charge in [-0.1, -0.05) is 115 Å². The molecule has 0 spiro atoms. The number of rotatable bonds is 6. The Morgan fingerprint density at radius 2 is 1.20 bits per heavy atom. The summed E-state index contributed by atoms with van der Waals surface area (Å²) < 4.78 is 6.70. The first-order valence-corrected chi connectivity index (χ1v) is 19.2. The second-order valence-electron chi connectivity index (χ2n) is 14.5. The highest BCUT2D eigenvalue weighted by Crippen LogP contribution is 2.43.